The summed E-state index contributed by atoms with van der Waals surface area (Å²) in [5.41, 5.74) is 1.97. The van der Waals surface area contributed by atoms with Crippen molar-refractivity contribution in [2.45, 2.75) is 38.6 Å². The van der Waals surface area contributed by atoms with Crippen LogP contribution in [-0.2, 0) is 0 Å². The molecule has 14 heavy (non-hydrogen) atoms. The van der Waals surface area contributed by atoms with Crippen LogP contribution in [0.15, 0.2) is 16.7 Å². The lowest BCUT2D eigenvalue weighted by Crippen LogP contribution is -2.54. The summed E-state index contributed by atoms with van der Waals surface area (Å²) in [4.78, 5) is 0. The Bertz CT molecular complexity index is 336. The van der Waals surface area contributed by atoms with Gasteiger partial charge < -0.3 is 9.73 Å². The number of hydrogen-bond acceptors (Lipinski definition) is 2. The predicted octanol–water partition coefficient (Wildman–Crippen LogP) is 2.79. The van der Waals surface area contributed by atoms with E-state index in [4.69, 9.17) is 4.42 Å². The fraction of sp³-hybridized carbons (Fsp3) is 0.667. The molecular weight excluding hydrogens is 174 g/mol. The van der Waals surface area contributed by atoms with E-state index in [0.717, 1.165) is 5.76 Å². The highest BCUT2D eigenvalue weighted by molar-refractivity contribution is 5.27. The van der Waals surface area contributed by atoms with Gasteiger partial charge in [-0.3, -0.25) is 0 Å². The van der Waals surface area contributed by atoms with Crippen LogP contribution in [0.3, 0.4) is 0 Å². The molecule has 1 aromatic rings. The van der Waals surface area contributed by atoms with Gasteiger partial charge in [-0.05, 0) is 25.8 Å². The third kappa shape index (κ3) is 1.01. The third-order valence-corrected chi connectivity index (χ3v) is 4.08. The molecule has 1 saturated carbocycles. The van der Waals surface area contributed by atoms with Crippen LogP contribution in [0.1, 0.15) is 43.0 Å². The van der Waals surface area contributed by atoms with Crippen molar-refractivity contribution >= 4 is 0 Å². The summed E-state index contributed by atoms with van der Waals surface area (Å²) >= 11 is 0. The highest BCUT2D eigenvalue weighted by Crippen LogP contribution is 2.53. The van der Waals surface area contributed by atoms with Crippen molar-refractivity contribution < 1.29 is 4.42 Å². The second-order valence-electron chi connectivity index (χ2n) is 4.82. The smallest absolute Gasteiger partial charge is 0.105 e. The molecule has 0 radical (unpaired) electrons. The highest BCUT2D eigenvalue weighted by Gasteiger charge is 2.49. The van der Waals surface area contributed by atoms with E-state index in [1.165, 1.54) is 37.8 Å². The van der Waals surface area contributed by atoms with Crippen LogP contribution in [0.4, 0.5) is 0 Å². The quantitative estimate of drug-likeness (QED) is 0.738. The SMILES string of the molecule is Cc1occc1C1NCC12CCCC2. The van der Waals surface area contributed by atoms with Crippen LogP contribution in [0, 0.1) is 12.3 Å². The normalized spacial score (nSPS) is 29.4. The minimum atomic E-state index is 0.573. The molecule has 0 aromatic carbocycles. The van der Waals surface area contributed by atoms with Crippen LogP contribution in [0.5, 0.6) is 0 Å². The van der Waals surface area contributed by atoms with Gasteiger partial charge in [0.2, 0.25) is 0 Å². The second kappa shape index (κ2) is 2.86. The Kier molecular flexibility index (Phi) is 1.75. The van der Waals surface area contributed by atoms with Crippen LogP contribution in [0.25, 0.3) is 0 Å². The Labute approximate surface area is 84.7 Å². The number of nitrogens with one attached hydrogen (secondary N) is 1. The number of hydrogen-bond donors (Lipinski definition) is 1. The molecule has 3 rings (SSSR count). The Morgan fingerprint density at radius 1 is 1.43 bits per heavy atom. The van der Waals surface area contributed by atoms with Crippen LogP contribution in [-0.4, -0.2) is 6.54 Å². The van der Waals surface area contributed by atoms with Gasteiger partial charge in [-0.25, -0.2) is 0 Å². The lowest BCUT2D eigenvalue weighted by atomic mass is 9.69. The van der Waals surface area contributed by atoms with E-state index in [-0.39, 0.29) is 0 Å². The zero-order chi connectivity index (χ0) is 9.60. The molecule has 2 aliphatic rings. The van der Waals surface area contributed by atoms with E-state index < -0.39 is 0 Å². The molecule has 0 amide bonds. The van der Waals surface area contributed by atoms with E-state index in [1.807, 2.05) is 6.26 Å². The number of rotatable bonds is 1. The lowest BCUT2D eigenvalue weighted by Gasteiger charge is -2.48. The number of aryl methyl sites for hydroxylation is 1. The summed E-state index contributed by atoms with van der Waals surface area (Å²) in [5, 5.41) is 3.56. The molecule has 1 aromatic heterocycles. The molecule has 1 unspecified atom stereocenters. The van der Waals surface area contributed by atoms with Gasteiger partial charge in [0, 0.05) is 23.6 Å². The largest absolute Gasteiger partial charge is 0.469 e. The summed E-state index contributed by atoms with van der Waals surface area (Å²) in [5.74, 6) is 1.09. The summed E-state index contributed by atoms with van der Waals surface area (Å²) < 4.78 is 5.38. The van der Waals surface area contributed by atoms with Crippen molar-refractivity contribution in [3.63, 3.8) is 0 Å². The van der Waals surface area contributed by atoms with Crippen LogP contribution < -0.4 is 5.32 Å². The molecule has 0 bridgehead atoms. The van der Waals surface area contributed by atoms with Crippen molar-refractivity contribution in [2.75, 3.05) is 6.54 Å². The maximum atomic E-state index is 5.38. The average molecular weight is 191 g/mol. The minimum absolute atomic E-state index is 0.573. The molecule has 1 N–H and O–H groups in total. The van der Waals surface area contributed by atoms with Gasteiger partial charge in [-0.15, -0.1) is 0 Å². The maximum Gasteiger partial charge on any atom is 0.105 e. The molecule has 2 heteroatoms. The molecule has 1 aliphatic carbocycles. The maximum absolute atomic E-state index is 5.38. The molecule has 1 aliphatic heterocycles. The Morgan fingerprint density at radius 2 is 2.21 bits per heavy atom. The molecule has 2 heterocycles. The molecule has 1 saturated heterocycles. The molecule has 2 nitrogen and oxygen atoms in total. The number of furan rings is 1. The van der Waals surface area contributed by atoms with Gasteiger partial charge in [-0.2, -0.15) is 0 Å². The topological polar surface area (TPSA) is 25.2 Å². The molecule has 1 atom stereocenters. The van der Waals surface area contributed by atoms with Crippen molar-refractivity contribution in [1.29, 1.82) is 0 Å². The van der Waals surface area contributed by atoms with Gasteiger partial charge in [0.15, 0.2) is 0 Å². The highest BCUT2D eigenvalue weighted by atomic mass is 16.3. The second-order valence-corrected chi connectivity index (χ2v) is 4.82. The molecule has 2 fully saturated rings. The molecule has 1 spiro atoms. The summed E-state index contributed by atoms with van der Waals surface area (Å²) in [6.45, 7) is 3.28. The van der Waals surface area contributed by atoms with Crippen LogP contribution >= 0.6 is 0 Å². The van der Waals surface area contributed by atoms with E-state index in [0.29, 0.717) is 11.5 Å². The first-order valence-electron chi connectivity index (χ1n) is 5.59. The van der Waals surface area contributed by atoms with Gasteiger partial charge in [0.25, 0.3) is 0 Å². The van der Waals surface area contributed by atoms with Crippen molar-refractivity contribution in [1.82, 2.24) is 5.32 Å². The van der Waals surface area contributed by atoms with Gasteiger partial charge in [0.1, 0.15) is 5.76 Å². The minimum Gasteiger partial charge on any atom is -0.469 e. The fourth-order valence-corrected chi connectivity index (χ4v) is 3.17. The lowest BCUT2D eigenvalue weighted by molar-refractivity contribution is 0.0883. The Hall–Kier alpha value is -0.760. The van der Waals surface area contributed by atoms with Gasteiger partial charge >= 0.3 is 0 Å². The van der Waals surface area contributed by atoms with E-state index in [9.17, 15) is 0 Å². The summed E-state index contributed by atoms with van der Waals surface area (Å²) in [6, 6.07) is 2.70. The Balaban J connectivity index is 1.90. The Morgan fingerprint density at radius 3 is 2.71 bits per heavy atom. The summed E-state index contributed by atoms with van der Waals surface area (Å²) in [7, 11) is 0. The first-order chi connectivity index (χ1) is 6.82. The zero-order valence-corrected chi connectivity index (χ0v) is 8.68. The third-order valence-electron chi connectivity index (χ3n) is 4.08. The van der Waals surface area contributed by atoms with Gasteiger partial charge in [0.05, 0.1) is 6.26 Å². The monoisotopic (exact) mass is 191 g/mol. The molecular formula is C12H17NO. The van der Waals surface area contributed by atoms with Gasteiger partial charge in [-0.1, -0.05) is 12.8 Å². The summed E-state index contributed by atoms with van der Waals surface area (Å²) in [6.07, 6.45) is 7.43. The van der Waals surface area contributed by atoms with E-state index in [2.05, 4.69) is 18.3 Å². The predicted molar refractivity (Wildman–Crippen MR) is 55.1 cm³/mol. The first kappa shape index (κ1) is 8.54. The fourth-order valence-electron chi connectivity index (χ4n) is 3.17. The van der Waals surface area contributed by atoms with Crippen molar-refractivity contribution in [3.05, 3.63) is 23.7 Å². The standard InChI is InChI=1S/C12H17NO/c1-9-10(4-7-14-9)11-12(8-13-11)5-2-3-6-12/h4,7,11,13H,2-3,5-6,8H2,1H3. The van der Waals surface area contributed by atoms with Crippen molar-refractivity contribution in [2.24, 2.45) is 5.41 Å². The zero-order valence-electron chi connectivity index (χ0n) is 8.68. The van der Waals surface area contributed by atoms with E-state index in [1.54, 1.807) is 0 Å². The average Bonchev–Trinajstić information content (AvgIpc) is 2.75. The van der Waals surface area contributed by atoms with Crippen molar-refractivity contribution in [3.8, 4) is 0 Å². The van der Waals surface area contributed by atoms with Crippen LogP contribution in [0.2, 0.25) is 0 Å². The first-order valence-corrected chi connectivity index (χ1v) is 5.59. The van der Waals surface area contributed by atoms with E-state index >= 15 is 0 Å². The molecule has 76 valence electrons.